The van der Waals surface area contributed by atoms with Gasteiger partial charge in [-0.1, -0.05) is 44.2 Å². The van der Waals surface area contributed by atoms with Crippen molar-refractivity contribution in [1.29, 1.82) is 0 Å². The molecule has 2 heteroatoms. The molecule has 20 heavy (non-hydrogen) atoms. The molecule has 0 amide bonds. The van der Waals surface area contributed by atoms with Crippen molar-refractivity contribution in [2.24, 2.45) is 11.7 Å². The van der Waals surface area contributed by atoms with Gasteiger partial charge in [-0.3, -0.25) is 0 Å². The fourth-order valence-corrected chi connectivity index (χ4v) is 2.42. The van der Waals surface area contributed by atoms with Gasteiger partial charge < -0.3 is 10.5 Å². The van der Waals surface area contributed by atoms with Crippen molar-refractivity contribution in [3.05, 3.63) is 53.6 Å². The van der Waals surface area contributed by atoms with Crippen molar-refractivity contribution < 1.29 is 4.74 Å². The highest BCUT2D eigenvalue weighted by Crippen LogP contribution is 2.28. The predicted octanol–water partition coefficient (Wildman–Crippen LogP) is 4.02. The summed E-state index contributed by atoms with van der Waals surface area (Å²) in [5, 5.41) is 0. The van der Waals surface area contributed by atoms with E-state index in [0.29, 0.717) is 12.5 Å². The first-order chi connectivity index (χ1) is 9.63. The fraction of sp³-hybridized carbons (Fsp3) is 0.333. The van der Waals surface area contributed by atoms with Gasteiger partial charge in [-0.15, -0.1) is 0 Å². The fourth-order valence-electron chi connectivity index (χ4n) is 2.42. The lowest BCUT2D eigenvalue weighted by Crippen LogP contribution is -2.00. The van der Waals surface area contributed by atoms with Crippen LogP contribution in [0.4, 0.5) is 0 Å². The molecule has 0 heterocycles. The van der Waals surface area contributed by atoms with Crippen LogP contribution in [0.25, 0.3) is 11.1 Å². The van der Waals surface area contributed by atoms with Gasteiger partial charge in [-0.25, -0.2) is 0 Å². The summed E-state index contributed by atoms with van der Waals surface area (Å²) in [4.78, 5) is 0. The molecule has 0 fully saturated rings. The highest BCUT2D eigenvalue weighted by Gasteiger charge is 2.06. The number of rotatable bonds is 5. The Morgan fingerprint density at radius 2 is 1.75 bits per heavy atom. The van der Waals surface area contributed by atoms with Crippen molar-refractivity contribution in [2.45, 2.75) is 26.8 Å². The number of benzene rings is 2. The lowest BCUT2D eigenvalue weighted by Gasteiger charge is -2.11. The second kappa shape index (κ2) is 6.58. The van der Waals surface area contributed by atoms with E-state index in [-0.39, 0.29) is 0 Å². The van der Waals surface area contributed by atoms with E-state index in [1.807, 2.05) is 12.1 Å². The molecule has 2 rings (SSSR count). The Morgan fingerprint density at radius 1 is 1.05 bits per heavy atom. The van der Waals surface area contributed by atoms with Gasteiger partial charge in [0.2, 0.25) is 0 Å². The minimum Gasteiger partial charge on any atom is -0.497 e. The maximum atomic E-state index is 5.83. The Hall–Kier alpha value is -1.80. The average Bonchev–Trinajstić information content (AvgIpc) is 2.46. The quantitative estimate of drug-likeness (QED) is 0.889. The molecule has 0 saturated heterocycles. The Bertz CT molecular complexity index is 558. The zero-order chi connectivity index (χ0) is 14.5. The van der Waals surface area contributed by atoms with Crippen molar-refractivity contribution in [2.75, 3.05) is 7.11 Å². The summed E-state index contributed by atoms with van der Waals surface area (Å²) >= 11 is 0. The lowest BCUT2D eigenvalue weighted by molar-refractivity contribution is 0.415. The van der Waals surface area contributed by atoms with Gasteiger partial charge in [0.05, 0.1) is 7.11 Å². The molecular weight excluding hydrogens is 246 g/mol. The number of nitrogens with two attached hydrogens (primary N) is 1. The van der Waals surface area contributed by atoms with Gasteiger partial charge in [0, 0.05) is 6.54 Å². The third kappa shape index (κ3) is 3.40. The Morgan fingerprint density at radius 3 is 2.30 bits per heavy atom. The summed E-state index contributed by atoms with van der Waals surface area (Å²) in [7, 11) is 1.69. The summed E-state index contributed by atoms with van der Waals surface area (Å²) < 4.78 is 5.31. The van der Waals surface area contributed by atoms with Gasteiger partial charge in [0.25, 0.3) is 0 Å². The number of methoxy groups -OCH3 is 1. The van der Waals surface area contributed by atoms with Crippen molar-refractivity contribution in [1.82, 2.24) is 0 Å². The van der Waals surface area contributed by atoms with Crippen molar-refractivity contribution in [3.8, 4) is 16.9 Å². The summed E-state index contributed by atoms with van der Waals surface area (Å²) in [5.74, 6) is 1.54. The predicted molar refractivity (Wildman–Crippen MR) is 84.9 cm³/mol. The van der Waals surface area contributed by atoms with E-state index in [1.165, 1.54) is 11.1 Å². The average molecular weight is 269 g/mol. The number of hydrogen-bond acceptors (Lipinski definition) is 2. The van der Waals surface area contributed by atoms with Crippen LogP contribution in [0, 0.1) is 5.92 Å². The van der Waals surface area contributed by atoms with E-state index < -0.39 is 0 Å². The van der Waals surface area contributed by atoms with E-state index in [9.17, 15) is 0 Å². The Labute approximate surface area is 121 Å². The van der Waals surface area contributed by atoms with Crippen molar-refractivity contribution >= 4 is 0 Å². The second-order valence-corrected chi connectivity index (χ2v) is 5.52. The van der Waals surface area contributed by atoms with Crippen LogP contribution >= 0.6 is 0 Å². The summed E-state index contributed by atoms with van der Waals surface area (Å²) in [5.41, 5.74) is 10.7. The normalized spacial score (nSPS) is 10.8. The van der Waals surface area contributed by atoms with Crippen LogP contribution in [0.15, 0.2) is 42.5 Å². The molecule has 0 aliphatic rings. The first-order valence-corrected chi connectivity index (χ1v) is 7.10. The van der Waals surface area contributed by atoms with Crippen LogP contribution in [-0.4, -0.2) is 7.11 Å². The molecule has 2 nitrogen and oxygen atoms in total. The molecule has 0 saturated carbocycles. The van der Waals surface area contributed by atoms with Crippen LogP contribution in [0.3, 0.4) is 0 Å². The standard InChI is InChI=1S/C18H23NO/c1-13(2)10-14-4-6-15(7-5-14)18-11-17(20-3)9-8-16(18)12-19/h4-9,11,13H,10,12,19H2,1-3H3. The zero-order valence-electron chi connectivity index (χ0n) is 12.5. The first kappa shape index (κ1) is 14.6. The molecule has 0 atom stereocenters. The molecular formula is C18H23NO. The Kier molecular flexibility index (Phi) is 4.80. The SMILES string of the molecule is COc1ccc(CN)c(-c2ccc(CC(C)C)cc2)c1. The summed E-state index contributed by atoms with van der Waals surface area (Å²) in [6.07, 6.45) is 1.11. The molecule has 0 radical (unpaired) electrons. The van der Waals surface area contributed by atoms with E-state index in [0.717, 1.165) is 23.3 Å². The van der Waals surface area contributed by atoms with Crippen LogP contribution < -0.4 is 10.5 Å². The van der Waals surface area contributed by atoms with Gasteiger partial charge >= 0.3 is 0 Å². The third-order valence-electron chi connectivity index (χ3n) is 3.45. The molecule has 0 aliphatic heterocycles. The third-order valence-corrected chi connectivity index (χ3v) is 3.45. The Balaban J connectivity index is 2.35. The lowest BCUT2D eigenvalue weighted by atomic mass is 9.96. The minimum atomic E-state index is 0.535. The molecule has 106 valence electrons. The molecule has 2 aromatic rings. The summed E-state index contributed by atoms with van der Waals surface area (Å²) in [6.45, 7) is 5.01. The molecule has 2 aromatic carbocycles. The van der Waals surface area contributed by atoms with Crippen LogP contribution in [0.1, 0.15) is 25.0 Å². The van der Waals surface area contributed by atoms with Crippen LogP contribution in [0.5, 0.6) is 5.75 Å². The smallest absolute Gasteiger partial charge is 0.119 e. The first-order valence-electron chi connectivity index (χ1n) is 7.10. The molecule has 0 bridgehead atoms. The molecule has 0 aromatic heterocycles. The maximum absolute atomic E-state index is 5.83. The van der Waals surface area contributed by atoms with Crippen molar-refractivity contribution in [3.63, 3.8) is 0 Å². The highest BCUT2D eigenvalue weighted by molar-refractivity contribution is 5.69. The van der Waals surface area contributed by atoms with Gasteiger partial charge in [0.1, 0.15) is 5.75 Å². The summed E-state index contributed by atoms with van der Waals surface area (Å²) in [6, 6.07) is 14.8. The van der Waals surface area contributed by atoms with E-state index in [2.05, 4.69) is 44.2 Å². The second-order valence-electron chi connectivity index (χ2n) is 5.52. The minimum absolute atomic E-state index is 0.535. The molecule has 0 aliphatic carbocycles. The van der Waals surface area contributed by atoms with Gasteiger partial charge in [-0.2, -0.15) is 0 Å². The van der Waals surface area contributed by atoms with Gasteiger partial charge in [0.15, 0.2) is 0 Å². The largest absolute Gasteiger partial charge is 0.497 e. The number of hydrogen-bond donors (Lipinski definition) is 1. The van der Waals surface area contributed by atoms with E-state index >= 15 is 0 Å². The van der Waals surface area contributed by atoms with Crippen LogP contribution in [0.2, 0.25) is 0 Å². The molecule has 2 N–H and O–H groups in total. The molecule has 0 spiro atoms. The highest BCUT2D eigenvalue weighted by atomic mass is 16.5. The topological polar surface area (TPSA) is 35.2 Å². The maximum Gasteiger partial charge on any atom is 0.119 e. The van der Waals surface area contributed by atoms with E-state index in [4.69, 9.17) is 10.5 Å². The zero-order valence-corrected chi connectivity index (χ0v) is 12.5. The molecule has 0 unspecified atom stereocenters. The number of ether oxygens (including phenoxy) is 1. The monoisotopic (exact) mass is 269 g/mol. The van der Waals surface area contributed by atoms with Crippen LogP contribution in [-0.2, 0) is 13.0 Å². The van der Waals surface area contributed by atoms with Gasteiger partial charge in [-0.05, 0) is 46.7 Å². The van der Waals surface area contributed by atoms with E-state index in [1.54, 1.807) is 7.11 Å².